The normalized spacial score (nSPS) is 10.8. The summed E-state index contributed by atoms with van der Waals surface area (Å²) >= 11 is 3.31. The van der Waals surface area contributed by atoms with Gasteiger partial charge in [0.2, 0.25) is 0 Å². The van der Waals surface area contributed by atoms with Gasteiger partial charge in [-0.25, -0.2) is 4.39 Å². The van der Waals surface area contributed by atoms with Crippen LogP contribution < -0.4 is 0 Å². The molecule has 0 aliphatic rings. The lowest BCUT2D eigenvalue weighted by Crippen LogP contribution is -1.82. The summed E-state index contributed by atoms with van der Waals surface area (Å²) in [6, 6.07) is 10.8. The van der Waals surface area contributed by atoms with Crippen LogP contribution in [-0.2, 0) is 0 Å². The van der Waals surface area contributed by atoms with Crippen molar-refractivity contribution in [1.82, 2.24) is 0 Å². The monoisotopic (exact) mass is 306 g/mol. The summed E-state index contributed by atoms with van der Waals surface area (Å²) in [6.07, 6.45) is 1.52. The summed E-state index contributed by atoms with van der Waals surface area (Å²) in [6.45, 7) is 0. The van der Waals surface area contributed by atoms with Crippen LogP contribution in [0.15, 0.2) is 57.1 Å². The first-order chi connectivity index (χ1) is 8.69. The minimum absolute atomic E-state index is 0.309. The highest BCUT2D eigenvalue weighted by Gasteiger charge is 2.01. The number of rotatable bonds is 3. The fourth-order valence-corrected chi connectivity index (χ4v) is 1.76. The molecule has 0 saturated carbocycles. The maximum atomic E-state index is 12.7. The Hall–Kier alpha value is -1.88. The molecule has 0 atom stereocenters. The van der Waals surface area contributed by atoms with Crippen molar-refractivity contribution in [3.8, 4) is 0 Å². The number of hydrogen-bond donors (Lipinski definition) is 0. The van der Waals surface area contributed by atoms with Gasteiger partial charge in [-0.2, -0.15) is 0 Å². The molecule has 5 heteroatoms. The molecule has 0 unspecified atom stereocenters. The minimum atomic E-state index is -0.313. The summed E-state index contributed by atoms with van der Waals surface area (Å²) in [7, 11) is 0. The van der Waals surface area contributed by atoms with Gasteiger partial charge in [-0.15, -0.1) is 4.91 Å². The van der Waals surface area contributed by atoms with Crippen molar-refractivity contribution in [1.29, 1.82) is 0 Å². The fraction of sp³-hybridized carbons (Fsp3) is 0. The van der Waals surface area contributed by atoms with E-state index in [0.29, 0.717) is 16.9 Å². The average molecular weight is 307 g/mol. The summed E-state index contributed by atoms with van der Waals surface area (Å²) < 4.78 is 13.5. The predicted molar refractivity (Wildman–Crippen MR) is 73.3 cm³/mol. The molecule has 2 rings (SSSR count). The molecule has 0 saturated heterocycles. The molecule has 2 aromatic carbocycles. The summed E-state index contributed by atoms with van der Waals surface area (Å²) in [5.74, 6) is -0.313. The molecule has 0 aliphatic heterocycles. The third-order valence-electron chi connectivity index (χ3n) is 2.27. The molecule has 0 spiro atoms. The van der Waals surface area contributed by atoms with Gasteiger partial charge in [0.1, 0.15) is 11.5 Å². The lowest BCUT2D eigenvalue weighted by molar-refractivity contribution is 0.628. The van der Waals surface area contributed by atoms with Crippen molar-refractivity contribution in [2.75, 3.05) is 0 Å². The molecule has 18 heavy (non-hydrogen) atoms. The molecule has 0 heterocycles. The van der Waals surface area contributed by atoms with E-state index in [1.807, 2.05) is 0 Å². The first kappa shape index (κ1) is 12.6. The quantitative estimate of drug-likeness (QED) is 0.596. The largest absolute Gasteiger partial charge is 0.256 e. The highest BCUT2D eigenvalue weighted by Crippen LogP contribution is 2.22. The van der Waals surface area contributed by atoms with Gasteiger partial charge in [-0.1, -0.05) is 15.9 Å². The third-order valence-corrected chi connectivity index (χ3v) is 2.76. The second kappa shape index (κ2) is 5.64. The van der Waals surface area contributed by atoms with Gasteiger partial charge in [-0.05, 0) is 47.6 Å². The number of hydrogen-bond acceptors (Lipinski definition) is 3. The standard InChI is InChI=1S/C13H8BrFN2O/c14-10-1-6-13(17-18)9(7-10)8-16-12-4-2-11(15)3-5-12/h1-8H/b16-8+. The Morgan fingerprint density at radius 3 is 2.50 bits per heavy atom. The molecule has 0 bridgehead atoms. The van der Waals surface area contributed by atoms with E-state index >= 15 is 0 Å². The van der Waals surface area contributed by atoms with Crippen LogP contribution in [0.4, 0.5) is 15.8 Å². The van der Waals surface area contributed by atoms with E-state index in [9.17, 15) is 9.30 Å². The SMILES string of the molecule is O=Nc1ccc(Br)cc1/C=N/c1ccc(F)cc1. The topological polar surface area (TPSA) is 41.8 Å². The first-order valence-electron chi connectivity index (χ1n) is 5.11. The van der Waals surface area contributed by atoms with Crippen molar-refractivity contribution < 1.29 is 4.39 Å². The van der Waals surface area contributed by atoms with Crippen molar-refractivity contribution >= 4 is 33.5 Å². The maximum absolute atomic E-state index is 12.7. The van der Waals surface area contributed by atoms with Crippen LogP contribution in [0.2, 0.25) is 0 Å². The van der Waals surface area contributed by atoms with E-state index in [0.717, 1.165) is 4.47 Å². The maximum Gasteiger partial charge on any atom is 0.123 e. The van der Waals surface area contributed by atoms with E-state index in [4.69, 9.17) is 0 Å². The van der Waals surface area contributed by atoms with Crippen molar-refractivity contribution in [3.63, 3.8) is 0 Å². The van der Waals surface area contributed by atoms with Crippen molar-refractivity contribution in [2.24, 2.45) is 10.2 Å². The second-order valence-electron chi connectivity index (χ2n) is 3.53. The molecule has 0 aliphatic carbocycles. The lowest BCUT2D eigenvalue weighted by atomic mass is 10.2. The summed E-state index contributed by atoms with van der Waals surface area (Å²) in [4.78, 5) is 14.8. The molecular weight excluding hydrogens is 299 g/mol. The van der Waals surface area contributed by atoms with Gasteiger partial charge in [0.05, 0.1) is 5.69 Å². The predicted octanol–water partition coefficient (Wildman–Crippen LogP) is 4.74. The van der Waals surface area contributed by atoms with Gasteiger partial charge in [-0.3, -0.25) is 4.99 Å². The Bertz CT molecular complexity index is 596. The highest BCUT2D eigenvalue weighted by atomic mass is 79.9. The van der Waals surface area contributed by atoms with E-state index in [2.05, 4.69) is 26.1 Å². The number of halogens is 2. The number of benzene rings is 2. The van der Waals surface area contributed by atoms with Crippen LogP contribution >= 0.6 is 15.9 Å². The van der Waals surface area contributed by atoms with E-state index in [1.54, 1.807) is 30.3 Å². The van der Waals surface area contributed by atoms with Crippen LogP contribution in [0.5, 0.6) is 0 Å². The van der Waals surface area contributed by atoms with Gasteiger partial charge in [0.25, 0.3) is 0 Å². The Kier molecular flexibility index (Phi) is 3.94. The highest BCUT2D eigenvalue weighted by molar-refractivity contribution is 9.10. The second-order valence-corrected chi connectivity index (χ2v) is 4.44. The Morgan fingerprint density at radius 2 is 1.83 bits per heavy atom. The minimum Gasteiger partial charge on any atom is -0.256 e. The Morgan fingerprint density at radius 1 is 1.11 bits per heavy atom. The fourth-order valence-electron chi connectivity index (χ4n) is 1.38. The third kappa shape index (κ3) is 3.07. The summed E-state index contributed by atoms with van der Waals surface area (Å²) in [5, 5.41) is 2.92. The number of nitrogens with zero attached hydrogens (tertiary/aromatic N) is 2. The van der Waals surface area contributed by atoms with Crippen LogP contribution in [0, 0.1) is 10.7 Å². The molecule has 3 nitrogen and oxygen atoms in total. The van der Waals surface area contributed by atoms with Gasteiger partial charge in [0.15, 0.2) is 0 Å². The van der Waals surface area contributed by atoms with E-state index in [1.165, 1.54) is 18.3 Å². The Labute approximate surface area is 111 Å². The molecule has 0 amide bonds. The zero-order chi connectivity index (χ0) is 13.0. The van der Waals surface area contributed by atoms with Gasteiger partial charge >= 0.3 is 0 Å². The molecule has 0 N–H and O–H groups in total. The lowest BCUT2D eigenvalue weighted by Gasteiger charge is -1.98. The smallest absolute Gasteiger partial charge is 0.123 e. The van der Waals surface area contributed by atoms with Gasteiger partial charge < -0.3 is 0 Å². The number of nitroso groups, excluding NO2 is 1. The number of aliphatic imine (C=N–C) groups is 1. The first-order valence-corrected chi connectivity index (χ1v) is 5.91. The van der Waals surface area contributed by atoms with Crippen molar-refractivity contribution in [3.05, 3.63) is 63.2 Å². The Balaban J connectivity index is 2.30. The summed E-state index contributed by atoms with van der Waals surface area (Å²) in [5.41, 5.74) is 1.51. The molecule has 2 aromatic rings. The molecule has 0 aromatic heterocycles. The van der Waals surface area contributed by atoms with Crippen LogP contribution in [-0.4, -0.2) is 6.21 Å². The molecule has 90 valence electrons. The van der Waals surface area contributed by atoms with Crippen molar-refractivity contribution in [2.45, 2.75) is 0 Å². The van der Waals surface area contributed by atoms with E-state index < -0.39 is 0 Å². The average Bonchev–Trinajstić information content (AvgIpc) is 2.38. The zero-order valence-corrected chi connectivity index (χ0v) is 10.8. The molecule has 0 fully saturated rings. The van der Waals surface area contributed by atoms with Crippen LogP contribution in [0.25, 0.3) is 0 Å². The molecular formula is C13H8BrFN2O. The zero-order valence-electron chi connectivity index (χ0n) is 9.18. The van der Waals surface area contributed by atoms with Gasteiger partial charge in [0, 0.05) is 16.3 Å². The molecule has 0 radical (unpaired) electrons. The van der Waals surface area contributed by atoms with E-state index in [-0.39, 0.29) is 5.82 Å². The van der Waals surface area contributed by atoms with Crippen LogP contribution in [0.1, 0.15) is 5.56 Å². The van der Waals surface area contributed by atoms with Crippen LogP contribution in [0.3, 0.4) is 0 Å².